The molecule has 0 aliphatic carbocycles. The lowest BCUT2D eigenvalue weighted by Gasteiger charge is -2.36. The molecule has 0 saturated carbocycles. The molecule has 12 heteroatoms. The summed E-state index contributed by atoms with van der Waals surface area (Å²) >= 11 is 1.54. The summed E-state index contributed by atoms with van der Waals surface area (Å²) in [4.78, 5) is 0.236. The standard InChI is InChI=1S/C33H33N5O5S2/c1-38-33(35-36-37-38)44-22-29-19-31(26-12-10-23(21-39)11-13-26)43-32(42-29)27-16-14-25(15-17-27)28-7-5-6-24(18-28)20-34-45(40,41)30-8-3-2-4-9-30/h2-18,29,31-32,34,39H,19-22H2,1H3/t29-,31+,32+/m1/s1. The van der Waals surface area contributed by atoms with Gasteiger partial charge in [0.2, 0.25) is 15.2 Å². The maximum atomic E-state index is 12.7. The first kappa shape index (κ1) is 31.1. The minimum absolute atomic E-state index is 0.0128. The van der Waals surface area contributed by atoms with E-state index in [1.807, 2.05) is 79.8 Å². The quantitative estimate of drug-likeness (QED) is 0.187. The van der Waals surface area contributed by atoms with Crippen molar-refractivity contribution in [2.45, 2.75) is 48.1 Å². The zero-order valence-corrected chi connectivity index (χ0v) is 26.2. The summed E-state index contributed by atoms with van der Waals surface area (Å²) in [5.41, 5.74) is 5.56. The molecule has 0 radical (unpaired) electrons. The molecule has 4 aromatic carbocycles. The highest BCUT2D eigenvalue weighted by molar-refractivity contribution is 7.99. The van der Waals surface area contributed by atoms with Crippen LogP contribution in [0.2, 0.25) is 0 Å². The number of thioether (sulfide) groups is 1. The van der Waals surface area contributed by atoms with Gasteiger partial charge in [-0.3, -0.25) is 0 Å². The number of aliphatic hydroxyl groups is 1. The molecule has 6 rings (SSSR count). The molecule has 0 spiro atoms. The Kier molecular flexibility index (Phi) is 9.69. The number of tetrazole rings is 1. The number of nitrogens with zero attached hydrogens (tertiary/aromatic N) is 4. The SMILES string of the molecule is Cn1nnnc1SC[C@H]1C[C@@H](c2ccc(CO)cc2)O[C@@H](c2ccc(-c3cccc(CNS(=O)(=O)c4ccccc4)c3)cc2)O1. The Morgan fingerprint density at radius 3 is 2.36 bits per heavy atom. The van der Waals surface area contributed by atoms with Gasteiger partial charge in [0.1, 0.15) is 0 Å². The van der Waals surface area contributed by atoms with Crippen molar-refractivity contribution < 1.29 is 23.0 Å². The van der Waals surface area contributed by atoms with Crippen LogP contribution in [0.5, 0.6) is 0 Å². The van der Waals surface area contributed by atoms with Crippen LogP contribution in [0.4, 0.5) is 0 Å². The molecule has 3 atom stereocenters. The van der Waals surface area contributed by atoms with Crippen molar-refractivity contribution in [2.24, 2.45) is 7.05 Å². The molecular weight excluding hydrogens is 611 g/mol. The predicted octanol–water partition coefficient (Wildman–Crippen LogP) is 5.19. The maximum absolute atomic E-state index is 12.7. The Bertz CT molecular complexity index is 1820. The molecule has 5 aromatic rings. The Balaban J connectivity index is 1.17. The third-order valence-corrected chi connectivity index (χ3v) is 10.1. The maximum Gasteiger partial charge on any atom is 0.240 e. The fourth-order valence-electron chi connectivity index (χ4n) is 5.09. The predicted molar refractivity (Wildman–Crippen MR) is 170 cm³/mol. The van der Waals surface area contributed by atoms with Crippen LogP contribution in [0, 0.1) is 0 Å². The lowest BCUT2D eigenvalue weighted by atomic mass is 9.99. The topological polar surface area (TPSA) is 128 Å². The van der Waals surface area contributed by atoms with Gasteiger partial charge in [0.05, 0.1) is 23.7 Å². The molecular formula is C33H33N5O5S2. The van der Waals surface area contributed by atoms with Crippen LogP contribution < -0.4 is 4.72 Å². The van der Waals surface area contributed by atoms with Crippen molar-refractivity contribution in [3.63, 3.8) is 0 Å². The summed E-state index contributed by atoms with van der Waals surface area (Å²) < 4.78 is 42.6. The van der Waals surface area contributed by atoms with Gasteiger partial charge in [-0.15, -0.1) is 5.10 Å². The molecule has 2 heterocycles. The lowest BCUT2D eigenvalue weighted by molar-refractivity contribution is -0.245. The number of aliphatic hydroxyl groups excluding tert-OH is 1. The van der Waals surface area contributed by atoms with Gasteiger partial charge in [0.15, 0.2) is 6.29 Å². The summed E-state index contributed by atoms with van der Waals surface area (Å²) in [6.07, 6.45) is -0.247. The van der Waals surface area contributed by atoms with Crippen LogP contribution in [0.1, 0.15) is 41.1 Å². The molecule has 1 fully saturated rings. The van der Waals surface area contributed by atoms with E-state index in [4.69, 9.17) is 9.47 Å². The summed E-state index contributed by atoms with van der Waals surface area (Å²) in [7, 11) is -1.80. The molecule has 1 saturated heterocycles. The average Bonchev–Trinajstić information content (AvgIpc) is 3.51. The highest BCUT2D eigenvalue weighted by Gasteiger charge is 2.32. The van der Waals surface area contributed by atoms with E-state index >= 15 is 0 Å². The number of sulfonamides is 1. The normalized spacial score (nSPS) is 18.6. The Hall–Kier alpha value is -3.91. The van der Waals surface area contributed by atoms with E-state index in [2.05, 4.69) is 20.2 Å². The van der Waals surface area contributed by atoms with Crippen LogP contribution >= 0.6 is 11.8 Å². The van der Waals surface area contributed by atoms with Crippen LogP contribution in [0.3, 0.4) is 0 Å². The van der Waals surface area contributed by atoms with Crippen molar-refractivity contribution in [1.29, 1.82) is 0 Å². The van der Waals surface area contributed by atoms with E-state index in [0.29, 0.717) is 17.3 Å². The number of aryl methyl sites for hydroxylation is 1. The minimum atomic E-state index is -3.61. The van der Waals surface area contributed by atoms with Crippen molar-refractivity contribution in [3.8, 4) is 11.1 Å². The van der Waals surface area contributed by atoms with Crippen LogP contribution in [0.15, 0.2) is 113 Å². The second-order valence-electron chi connectivity index (χ2n) is 10.7. The fourth-order valence-corrected chi connectivity index (χ4v) is 6.99. The minimum Gasteiger partial charge on any atom is -0.392 e. The number of rotatable bonds is 11. The number of aromatic nitrogens is 4. The summed E-state index contributed by atoms with van der Waals surface area (Å²) in [5, 5.41) is 21.9. The van der Waals surface area contributed by atoms with Gasteiger partial charge < -0.3 is 14.6 Å². The van der Waals surface area contributed by atoms with Crippen LogP contribution in [0.25, 0.3) is 11.1 Å². The number of hydrogen-bond acceptors (Lipinski definition) is 9. The molecule has 1 aliphatic rings. The second-order valence-corrected chi connectivity index (χ2v) is 13.5. The van der Waals surface area contributed by atoms with E-state index in [9.17, 15) is 13.5 Å². The van der Waals surface area contributed by atoms with E-state index in [-0.39, 0.29) is 30.3 Å². The third-order valence-electron chi connectivity index (χ3n) is 7.56. The van der Waals surface area contributed by atoms with E-state index in [1.165, 1.54) is 11.8 Å². The third kappa shape index (κ3) is 7.67. The van der Waals surface area contributed by atoms with E-state index in [1.54, 1.807) is 35.0 Å². The first-order valence-corrected chi connectivity index (χ1v) is 16.9. The summed E-state index contributed by atoms with van der Waals surface area (Å²) in [5.74, 6) is 0.651. The monoisotopic (exact) mass is 643 g/mol. The van der Waals surface area contributed by atoms with Crippen LogP contribution in [-0.4, -0.2) is 45.6 Å². The smallest absolute Gasteiger partial charge is 0.240 e. The number of ether oxygens (including phenoxy) is 2. The van der Waals surface area contributed by atoms with Crippen LogP contribution in [-0.2, 0) is 39.7 Å². The molecule has 45 heavy (non-hydrogen) atoms. The number of nitrogens with one attached hydrogen (secondary N) is 1. The molecule has 10 nitrogen and oxygen atoms in total. The summed E-state index contributed by atoms with van der Waals surface area (Å²) in [6, 6.07) is 32.0. The van der Waals surface area contributed by atoms with Gasteiger partial charge >= 0.3 is 0 Å². The van der Waals surface area contributed by atoms with Crippen molar-refractivity contribution in [1.82, 2.24) is 24.9 Å². The van der Waals surface area contributed by atoms with Gasteiger partial charge in [0, 0.05) is 31.3 Å². The van der Waals surface area contributed by atoms with Gasteiger partial charge in [0.25, 0.3) is 0 Å². The van der Waals surface area contributed by atoms with Gasteiger partial charge in [-0.05, 0) is 56.4 Å². The van der Waals surface area contributed by atoms with Crippen molar-refractivity contribution in [3.05, 3.63) is 125 Å². The molecule has 2 N–H and O–H groups in total. The Morgan fingerprint density at radius 1 is 0.889 bits per heavy atom. The molecule has 0 amide bonds. The second kappa shape index (κ2) is 14.0. The number of benzene rings is 4. The molecule has 0 bridgehead atoms. The Morgan fingerprint density at radius 2 is 1.64 bits per heavy atom. The van der Waals surface area contributed by atoms with Crippen molar-refractivity contribution >= 4 is 21.8 Å². The first-order valence-electron chi connectivity index (χ1n) is 14.5. The Labute approximate surface area is 266 Å². The highest BCUT2D eigenvalue weighted by Crippen LogP contribution is 2.39. The fraction of sp³-hybridized carbons (Fsp3) is 0.242. The zero-order chi connectivity index (χ0) is 31.2. The van der Waals surface area contributed by atoms with Gasteiger partial charge in [-0.25, -0.2) is 17.8 Å². The van der Waals surface area contributed by atoms with E-state index in [0.717, 1.165) is 33.4 Å². The number of hydrogen-bond donors (Lipinski definition) is 2. The largest absolute Gasteiger partial charge is 0.392 e. The molecule has 1 aliphatic heterocycles. The molecule has 232 valence electrons. The van der Waals surface area contributed by atoms with Gasteiger partial charge in [-0.1, -0.05) is 96.7 Å². The lowest BCUT2D eigenvalue weighted by Crippen LogP contribution is -2.31. The first-order chi connectivity index (χ1) is 21.9. The molecule has 1 aromatic heterocycles. The van der Waals surface area contributed by atoms with E-state index < -0.39 is 16.3 Å². The average molecular weight is 644 g/mol. The summed E-state index contributed by atoms with van der Waals surface area (Å²) in [6.45, 7) is 0.165. The van der Waals surface area contributed by atoms with Crippen molar-refractivity contribution in [2.75, 3.05) is 5.75 Å². The van der Waals surface area contributed by atoms with Gasteiger partial charge in [-0.2, -0.15) is 0 Å². The highest BCUT2D eigenvalue weighted by atomic mass is 32.2. The molecule has 0 unspecified atom stereocenters. The zero-order valence-electron chi connectivity index (χ0n) is 24.6.